The predicted molar refractivity (Wildman–Crippen MR) is 64.0 cm³/mol. The Labute approximate surface area is 92.5 Å². The molecule has 0 spiro atoms. The van der Waals surface area contributed by atoms with Crippen LogP contribution in [-0.2, 0) is 6.42 Å². The highest BCUT2D eigenvalue weighted by Gasteiger charge is 1.97. The van der Waals surface area contributed by atoms with E-state index in [0.717, 1.165) is 26.1 Å². The first-order valence-corrected chi connectivity index (χ1v) is 5.55. The summed E-state index contributed by atoms with van der Waals surface area (Å²) in [6.07, 6.45) is 6.10. The van der Waals surface area contributed by atoms with E-state index in [4.69, 9.17) is 0 Å². The van der Waals surface area contributed by atoms with Crippen molar-refractivity contribution >= 4 is 0 Å². The Morgan fingerprint density at radius 1 is 1.40 bits per heavy atom. The third kappa shape index (κ3) is 5.50. The molecule has 0 radical (unpaired) electrons. The summed E-state index contributed by atoms with van der Waals surface area (Å²) in [4.78, 5) is 6.46. The van der Waals surface area contributed by atoms with Crippen LogP contribution in [0.25, 0.3) is 0 Å². The molecular formula is C12H21N3. The molecule has 1 aromatic rings. The summed E-state index contributed by atoms with van der Waals surface area (Å²) in [6.45, 7) is 3.32. The number of nitrogens with zero attached hydrogens (tertiary/aromatic N) is 2. The van der Waals surface area contributed by atoms with E-state index in [1.807, 2.05) is 25.5 Å². The Kier molecular flexibility index (Phi) is 5.97. The van der Waals surface area contributed by atoms with Crippen LogP contribution in [0.1, 0.15) is 12.0 Å². The lowest BCUT2D eigenvalue weighted by atomic mass is 10.1. The fraction of sp³-hybridized carbons (Fsp3) is 0.583. The van der Waals surface area contributed by atoms with Gasteiger partial charge in [0.25, 0.3) is 0 Å². The Balaban J connectivity index is 2.11. The molecule has 1 aromatic heterocycles. The Hall–Kier alpha value is -0.930. The minimum absolute atomic E-state index is 1.06. The van der Waals surface area contributed by atoms with Crippen molar-refractivity contribution in [2.45, 2.75) is 12.8 Å². The highest BCUT2D eigenvalue weighted by atomic mass is 15.1. The van der Waals surface area contributed by atoms with Crippen LogP contribution < -0.4 is 5.32 Å². The molecule has 0 amide bonds. The average molecular weight is 207 g/mol. The quantitative estimate of drug-likeness (QED) is 0.727. The van der Waals surface area contributed by atoms with Gasteiger partial charge in [0.1, 0.15) is 0 Å². The van der Waals surface area contributed by atoms with Gasteiger partial charge in [0.2, 0.25) is 0 Å². The number of aryl methyl sites for hydroxylation is 1. The Morgan fingerprint density at radius 3 is 2.93 bits per heavy atom. The maximum Gasteiger partial charge on any atom is 0.0299 e. The van der Waals surface area contributed by atoms with Crippen LogP contribution >= 0.6 is 0 Å². The van der Waals surface area contributed by atoms with Crippen LogP contribution in [0.4, 0.5) is 0 Å². The lowest BCUT2D eigenvalue weighted by Crippen LogP contribution is -2.28. The van der Waals surface area contributed by atoms with Crippen molar-refractivity contribution in [2.75, 3.05) is 33.7 Å². The van der Waals surface area contributed by atoms with Gasteiger partial charge in [0.05, 0.1) is 0 Å². The number of hydrogen-bond donors (Lipinski definition) is 1. The fourth-order valence-electron chi connectivity index (χ4n) is 1.51. The van der Waals surface area contributed by atoms with Crippen LogP contribution in [0.15, 0.2) is 24.5 Å². The number of pyridine rings is 1. The van der Waals surface area contributed by atoms with Crippen LogP contribution in [0, 0.1) is 0 Å². The molecule has 0 saturated heterocycles. The summed E-state index contributed by atoms with van der Waals surface area (Å²) >= 11 is 0. The first kappa shape index (κ1) is 12.1. The molecule has 0 bridgehead atoms. The summed E-state index contributed by atoms with van der Waals surface area (Å²) in [5.41, 5.74) is 1.33. The van der Waals surface area contributed by atoms with Crippen molar-refractivity contribution in [1.29, 1.82) is 0 Å². The Morgan fingerprint density at radius 2 is 2.27 bits per heavy atom. The predicted octanol–water partition coefficient (Wildman–Crippen LogP) is 1.17. The number of aromatic nitrogens is 1. The van der Waals surface area contributed by atoms with Gasteiger partial charge in [-0.15, -0.1) is 0 Å². The Bertz CT molecular complexity index is 248. The molecule has 0 unspecified atom stereocenters. The van der Waals surface area contributed by atoms with Gasteiger partial charge in [-0.2, -0.15) is 0 Å². The normalized spacial score (nSPS) is 10.9. The van der Waals surface area contributed by atoms with E-state index in [9.17, 15) is 0 Å². The number of likely N-dealkylation sites (N-methyl/N-ethyl adjacent to an activating group) is 2. The molecule has 0 aliphatic rings. The van der Waals surface area contributed by atoms with Crippen LogP contribution in [0.5, 0.6) is 0 Å². The number of hydrogen-bond acceptors (Lipinski definition) is 3. The smallest absolute Gasteiger partial charge is 0.0299 e. The summed E-state index contributed by atoms with van der Waals surface area (Å²) in [5, 5.41) is 3.16. The number of nitrogens with one attached hydrogen (secondary N) is 1. The van der Waals surface area contributed by atoms with Gasteiger partial charge in [-0.05, 0) is 45.1 Å². The van der Waals surface area contributed by atoms with Gasteiger partial charge >= 0.3 is 0 Å². The van der Waals surface area contributed by atoms with Gasteiger partial charge in [-0.1, -0.05) is 6.07 Å². The largest absolute Gasteiger partial charge is 0.318 e. The first-order chi connectivity index (χ1) is 7.33. The van der Waals surface area contributed by atoms with Crippen molar-refractivity contribution in [1.82, 2.24) is 15.2 Å². The maximum absolute atomic E-state index is 4.11. The highest BCUT2D eigenvalue weighted by Crippen LogP contribution is 2.00. The molecule has 1 heterocycles. The van der Waals surface area contributed by atoms with Gasteiger partial charge in [0, 0.05) is 25.5 Å². The van der Waals surface area contributed by atoms with Gasteiger partial charge in [0.15, 0.2) is 0 Å². The first-order valence-electron chi connectivity index (χ1n) is 5.55. The average Bonchev–Trinajstić information content (AvgIpc) is 2.28. The molecular weight excluding hydrogens is 186 g/mol. The fourth-order valence-corrected chi connectivity index (χ4v) is 1.51. The third-order valence-corrected chi connectivity index (χ3v) is 2.47. The molecule has 84 valence electrons. The summed E-state index contributed by atoms with van der Waals surface area (Å²) in [5.74, 6) is 0. The lowest BCUT2D eigenvalue weighted by molar-refractivity contribution is 0.330. The van der Waals surface area contributed by atoms with Crippen LogP contribution in [-0.4, -0.2) is 43.6 Å². The molecule has 0 aromatic carbocycles. The standard InChI is InChI=1S/C12H21N3/c1-13-8-10-15(2)9-4-6-12-5-3-7-14-11-12/h3,5,7,11,13H,4,6,8-10H2,1-2H3. The van der Waals surface area contributed by atoms with E-state index in [1.54, 1.807) is 0 Å². The van der Waals surface area contributed by atoms with Crippen molar-refractivity contribution in [3.05, 3.63) is 30.1 Å². The molecule has 1 rings (SSSR count). The molecule has 3 heteroatoms. The molecule has 0 saturated carbocycles. The van der Waals surface area contributed by atoms with Crippen molar-refractivity contribution in [2.24, 2.45) is 0 Å². The van der Waals surface area contributed by atoms with Crippen molar-refractivity contribution < 1.29 is 0 Å². The summed E-state index contributed by atoms with van der Waals surface area (Å²) in [6, 6.07) is 4.14. The van der Waals surface area contributed by atoms with Gasteiger partial charge in [-0.3, -0.25) is 4.98 Å². The van der Waals surface area contributed by atoms with E-state index in [2.05, 4.69) is 28.3 Å². The zero-order valence-electron chi connectivity index (χ0n) is 9.74. The highest BCUT2D eigenvalue weighted by molar-refractivity contribution is 5.08. The molecule has 3 nitrogen and oxygen atoms in total. The maximum atomic E-state index is 4.11. The molecule has 15 heavy (non-hydrogen) atoms. The SMILES string of the molecule is CNCCN(C)CCCc1cccnc1. The van der Waals surface area contributed by atoms with Crippen LogP contribution in [0.2, 0.25) is 0 Å². The van der Waals surface area contributed by atoms with Crippen molar-refractivity contribution in [3.8, 4) is 0 Å². The van der Waals surface area contributed by atoms with E-state index >= 15 is 0 Å². The second-order valence-electron chi connectivity index (χ2n) is 3.87. The molecule has 1 N–H and O–H groups in total. The molecule has 0 fully saturated rings. The van der Waals surface area contributed by atoms with E-state index in [1.165, 1.54) is 12.0 Å². The zero-order chi connectivity index (χ0) is 10.9. The summed E-state index contributed by atoms with van der Waals surface area (Å²) < 4.78 is 0. The molecule has 0 aliphatic heterocycles. The second kappa shape index (κ2) is 7.37. The summed E-state index contributed by atoms with van der Waals surface area (Å²) in [7, 11) is 4.16. The van der Waals surface area contributed by atoms with Gasteiger partial charge < -0.3 is 10.2 Å². The van der Waals surface area contributed by atoms with E-state index < -0.39 is 0 Å². The second-order valence-corrected chi connectivity index (χ2v) is 3.87. The molecule has 0 aliphatic carbocycles. The number of rotatable bonds is 7. The van der Waals surface area contributed by atoms with Crippen LogP contribution in [0.3, 0.4) is 0 Å². The minimum Gasteiger partial charge on any atom is -0.318 e. The topological polar surface area (TPSA) is 28.2 Å². The monoisotopic (exact) mass is 207 g/mol. The molecule has 0 atom stereocenters. The van der Waals surface area contributed by atoms with Crippen molar-refractivity contribution in [3.63, 3.8) is 0 Å². The zero-order valence-corrected chi connectivity index (χ0v) is 9.74. The van der Waals surface area contributed by atoms with E-state index in [-0.39, 0.29) is 0 Å². The third-order valence-electron chi connectivity index (χ3n) is 2.47. The minimum atomic E-state index is 1.06. The van der Waals surface area contributed by atoms with E-state index in [0.29, 0.717) is 0 Å². The lowest BCUT2D eigenvalue weighted by Gasteiger charge is -2.15. The van der Waals surface area contributed by atoms with Gasteiger partial charge in [-0.25, -0.2) is 0 Å².